The van der Waals surface area contributed by atoms with Crippen LogP contribution in [-0.4, -0.2) is 29.1 Å². The average molecular weight is 338 g/mol. The van der Waals surface area contributed by atoms with E-state index in [-0.39, 0.29) is 6.42 Å². The first kappa shape index (κ1) is 17.6. The molecule has 5 nitrogen and oxygen atoms in total. The topological polar surface area (TPSA) is 82.3 Å². The molecule has 0 radical (unpaired) electrons. The maximum absolute atomic E-state index is 12.0. The summed E-state index contributed by atoms with van der Waals surface area (Å²) in [5.41, 5.74) is 7.88. The molecular weight excluding hydrogens is 325 g/mol. The van der Waals surface area contributed by atoms with Gasteiger partial charge in [0.1, 0.15) is 6.04 Å². The number of nitrogens with two attached hydrogens (primary N) is 1. The second-order valence-electron chi connectivity index (χ2n) is 4.96. The predicted octanol–water partition coefficient (Wildman–Crippen LogP) is 2.25. The summed E-state index contributed by atoms with van der Waals surface area (Å²) in [7, 11) is 0. The van der Waals surface area contributed by atoms with Gasteiger partial charge >= 0.3 is 18.1 Å². The SMILES string of the molecule is NC(Cc1ccc(-c2cccnc2)cc1)C(=O)OC(=O)C(F)(F)F. The molecule has 0 aliphatic carbocycles. The van der Waals surface area contributed by atoms with E-state index in [0.29, 0.717) is 5.56 Å². The van der Waals surface area contributed by atoms with Crippen LogP contribution >= 0.6 is 0 Å². The van der Waals surface area contributed by atoms with Crippen LogP contribution in [0.4, 0.5) is 13.2 Å². The molecule has 0 aliphatic heterocycles. The van der Waals surface area contributed by atoms with Gasteiger partial charge in [-0.1, -0.05) is 30.3 Å². The first-order valence-electron chi connectivity index (χ1n) is 6.85. The molecule has 1 aromatic carbocycles. The number of halogens is 3. The van der Waals surface area contributed by atoms with Gasteiger partial charge in [-0.15, -0.1) is 0 Å². The number of carbonyl (C=O) groups is 2. The number of carbonyl (C=O) groups excluding carboxylic acids is 2. The highest BCUT2D eigenvalue weighted by molar-refractivity contribution is 5.90. The van der Waals surface area contributed by atoms with E-state index in [1.807, 2.05) is 6.07 Å². The molecule has 1 atom stereocenters. The van der Waals surface area contributed by atoms with E-state index >= 15 is 0 Å². The van der Waals surface area contributed by atoms with Gasteiger partial charge in [-0.05, 0) is 29.2 Å². The lowest BCUT2D eigenvalue weighted by Gasteiger charge is -2.12. The summed E-state index contributed by atoms with van der Waals surface area (Å²) in [6, 6.07) is 9.18. The van der Waals surface area contributed by atoms with Crippen LogP contribution in [0.5, 0.6) is 0 Å². The second-order valence-corrected chi connectivity index (χ2v) is 4.96. The number of aromatic nitrogens is 1. The van der Waals surface area contributed by atoms with Gasteiger partial charge in [-0.3, -0.25) is 4.98 Å². The van der Waals surface area contributed by atoms with Crippen molar-refractivity contribution in [2.75, 3.05) is 0 Å². The van der Waals surface area contributed by atoms with E-state index in [0.717, 1.165) is 11.1 Å². The van der Waals surface area contributed by atoms with Gasteiger partial charge < -0.3 is 10.5 Å². The zero-order chi connectivity index (χ0) is 17.7. The van der Waals surface area contributed by atoms with Crippen LogP contribution in [0.1, 0.15) is 5.56 Å². The third-order valence-corrected chi connectivity index (χ3v) is 3.13. The molecule has 0 bridgehead atoms. The maximum atomic E-state index is 12.0. The summed E-state index contributed by atoms with van der Waals surface area (Å²) in [5.74, 6) is -4.00. The Kier molecular flexibility index (Phi) is 5.30. The molecule has 0 amide bonds. The number of benzene rings is 1. The van der Waals surface area contributed by atoms with Gasteiger partial charge in [0.05, 0.1) is 0 Å². The van der Waals surface area contributed by atoms with E-state index in [4.69, 9.17) is 5.73 Å². The van der Waals surface area contributed by atoms with Crippen LogP contribution in [-0.2, 0) is 20.7 Å². The van der Waals surface area contributed by atoms with Crippen molar-refractivity contribution in [3.05, 3.63) is 54.4 Å². The summed E-state index contributed by atoms with van der Waals surface area (Å²) >= 11 is 0. The molecule has 1 unspecified atom stereocenters. The van der Waals surface area contributed by atoms with Gasteiger partial charge in [0.15, 0.2) is 0 Å². The molecule has 0 aliphatic rings. The lowest BCUT2D eigenvalue weighted by atomic mass is 10.0. The highest BCUT2D eigenvalue weighted by Crippen LogP contribution is 2.19. The Morgan fingerprint density at radius 3 is 2.33 bits per heavy atom. The molecule has 126 valence electrons. The molecule has 0 spiro atoms. The van der Waals surface area contributed by atoms with Crippen LogP contribution in [0.2, 0.25) is 0 Å². The van der Waals surface area contributed by atoms with E-state index in [1.165, 1.54) is 0 Å². The molecule has 2 rings (SSSR count). The number of ether oxygens (including phenoxy) is 1. The lowest BCUT2D eigenvalue weighted by molar-refractivity contribution is -0.202. The number of alkyl halides is 3. The molecule has 0 saturated carbocycles. The standard InChI is InChI=1S/C16H13F3N2O3/c17-16(18,19)15(23)24-14(22)13(20)8-10-3-5-11(6-4-10)12-2-1-7-21-9-12/h1-7,9,13H,8,20H2. The fourth-order valence-electron chi connectivity index (χ4n) is 1.93. The average Bonchev–Trinajstić information content (AvgIpc) is 2.55. The van der Waals surface area contributed by atoms with Crippen LogP contribution in [0.25, 0.3) is 11.1 Å². The van der Waals surface area contributed by atoms with E-state index in [2.05, 4.69) is 9.72 Å². The molecule has 0 saturated heterocycles. The fourth-order valence-corrected chi connectivity index (χ4v) is 1.93. The molecular formula is C16H13F3N2O3. The third-order valence-electron chi connectivity index (χ3n) is 3.13. The molecule has 1 heterocycles. The van der Waals surface area contributed by atoms with Gasteiger partial charge in [0.2, 0.25) is 0 Å². The quantitative estimate of drug-likeness (QED) is 0.683. The largest absolute Gasteiger partial charge is 0.491 e. The Morgan fingerprint density at radius 1 is 1.12 bits per heavy atom. The Labute approximate surface area is 135 Å². The molecule has 2 aromatic rings. The van der Waals surface area contributed by atoms with Crippen LogP contribution < -0.4 is 5.73 Å². The zero-order valence-electron chi connectivity index (χ0n) is 12.3. The van der Waals surface area contributed by atoms with Crippen LogP contribution in [0.3, 0.4) is 0 Å². The second kappa shape index (κ2) is 7.22. The summed E-state index contributed by atoms with van der Waals surface area (Å²) in [6.07, 6.45) is -1.97. The van der Waals surface area contributed by atoms with Crippen LogP contribution in [0, 0.1) is 0 Å². The molecule has 1 aromatic heterocycles. The predicted molar refractivity (Wildman–Crippen MR) is 78.5 cm³/mol. The Balaban J connectivity index is 1.98. The van der Waals surface area contributed by atoms with Crippen molar-refractivity contribution in [1.29, 1.82) is 0 Å². The van der Waals surface area contributed by atoms with Crippen LogP contribution in [0.15, 0.2) is 48.8 Å². The van der Waals surface area contributed by atoms with Gasteiger partial charge in [-0.25, -0.2) is 9.59 Å². The van der Waals surface area contributed by atoms with Gasteiger partial charge in [0.25, 0.3) is 0 Å². The Morgan fingerprint density at radius 2 is 1.79 bits per heavy atom. The van der Waals surface area contributed by atoms with Crippen molar-refractivity contribution in [1.82, 2.24) is 4.98 Å². The van der Waals surface area contributed by atoms with Crippen molar-refractivity contribution < 1.29 is 27.5 Å². The minimum atomic E-state index is -5.24. The van der Waals surface area contributed by atoms with E-state index in [1.54, 1.807) is 42.7 Å². The van der Waals surface area contributed by atoms with Crippen molar-refractivity contribution in [3.8, 4) is 11.1 Å². The highest BCUT2D eigenvalue weighted by Gasteiger charge is 2.43. The third kappa shape index (κ3) is 4.63. The summed E-state index contributed by atoms with van der Waals surface area (Å²) in [5, 5.41) is 0. The summed E-state index contributed by atoms with van der Waals surface area (Å²) in [4.78, 5) is 26.0. The van der Waals surface area contributed by atoms with Crippen molar-refractivity contribution >= 4 is 11.9 Å². The molecule has 8 heteroatoms. The number of rotatable bonds is 4. The van der Waals surface area contributed by atoms with Crippen molar-refractivity contribution in [2.45, 2.75) is 18.6 Å². The maximum Gasteiger partial charge on any atom is 0.491 e. The summed E-state index contributed by atoms with van der Waals surface area (Å²) < 4.78 is 39.8. The molecule has 2 N–H and O–H groups in total. The first-order chi connectivity index (χ1) is 11.3. The number of nitrogens with zero attached hydrogens (tertiary/aromatic N) is 1. The molecule has 0 fully saturated rings. The van der Waals surface area contributed by atoms with Gasteiger partial charge in [-0.2, -0.15) is 13.2 Å². The van der Waals surface area contributed by atoms with E-state index < -0.39 is 24.2 Å². The number of pyridine rings is 1. The highest BCUT2D eigenvalue weighted by atomic mass is 19.4. The Bertz CT molecular complexity index is 716. The Hall–Kier alpha value is -2.74. The lowest BCUT2D eigenvalue weighted by Crippen LogP contribution is -2.38. The normalized spacial score (nSPS) is 12.5. The minimum Gasteiger partial charge on any atom is -0.385 e. The number of esters is 2. The fraction of sp³-hybridized carbons (Fsp3) is 0.188. The van der Waals surface area contributed by atoms with Crippen molar-refractivity contribution in [2.24, 2.45) is 5.73 Å². The van der Waals surface area contributed by atoms with E-state index in [9.17, 15) is 22.8 Å². The van der Waals surface area contributed by atoms with Gasteiger partial charge in [0, 0.05) is 12.4 Å². The monoisotopic (exact) mass is 338 g/mol. The smallest absolute Gasteiger partial charge is 0.385 e. The zero-order valence-corrected chi connectivity index (χ0v) is 12.3. The molecule has 24 heavy (non-hydrogen) atoms. The number of hydrogen-bond donors (Lipinski definition) is 1. The minimum absolute atomic E-state index is 0.0582. The first-order valence-corrected chi connectivity index (χ1v) is 6.85. The summed E-state index contributed by atoms with van der Waals surface area (Å²) in [6.45, 7) is 0. The van der Waals surface area contributed by atoms with Crippen molar-refractivity contribution in [3.63, 3.8) is 0 Å². The number of hydrogen-bond acceptors (Lipinski definition) is 5.